The first-order valence-corrected chi connectivity index (χ1v) is 17.2. The van der Waals surface area contributed by atoms with Crippen molar-refractivity contribution < 1.29 is 23.1 Å². The number of aryl methyl sites for hydroxylation is 1. The molecule has 1 amide bonds. The third kappa shape index (κ3) is 5.46. The highest BCUT2D eigenvalue weighted by Gasteiger charge is 2.46. The minimum Gasteiger partial charge on any atom is -0.490 e. The summed E-state index contributed by atoms with van der Waals surface area (Å²) in [6, 6.07) is 11.4. The van der Waals surface area contributed by atoms with Crippen LogP contribution < -0.4 is 14.4 Å². The van der Waals surface area contributed by atoms with Gasteiger partial charge in [-0.3, -0.25) is 4.79 Å². The summed E-state index contributed by atoms with van der Waals surface area (Å²) in [7, 11) is -3.89. The Labute approximate surface area is 254 Å². The van der Waals surface area contributed by atoms with E-state index in [4.69, 9.17) is 16.3 Å². The average molecular weight is 613 g/mol. The number of nitrogens with zero attached hydrogens (tertiary/aromatic N) is 1. The van der Waals surface area contributed by atoms with E-state index in [2.05, 4.69) is 21.8 Å². The van der Waals surface area contributed by atoms with Crippen molar-refractivity contribution in [2.24, 2.45) is 11.8 Å². The van der Waals surface area contributed by atoms with Crippen LogP contribution in [0.3, 0.4) is 0 Å². The number of sulfonamides is 1. The number of carbonyl (C=O) groups excluding carboxylic acids is 1. The molecule has 0 aromatic heterocycles. The fraction of sp³-hybridized carbons (Fsp3) is 0.545. The molecule has 2 aromatic rings. The van der Waals surface area contributed by atoms with Gasteiger partial charge in [-0.25, -0.2) is 13.1 Å². The number of halogens is 1. The summed E-state index contributed by atoms with van der Waals surface area (Å²) in [4.78, 5) is 15.7. The second-order valence-electron chi connectivity index (χ2n) is 12.9. The summed E-state index contributed by atoms with van der Waals surface area (Å²) in [6.07, 6.45) is 9.93. The molecule has 0 unspecified atom stereocenters. The van der Waals surface area contributed by atoms with Crippen molar-refractivity contribution in [2.45, 2.75) is 81.5 Å². The zero-order valence-electron chi connectivity index (χ0n) is 24.4. The van der Waals surface area contributed by atoms with E-state index in [1.807, 2.05) is 32.1 Å². The summed E-state index contributed by atoms with van der Waals surface area (Å²) in [5, 5.41) is 11.6. The predicted molar refractivity (Wildman–Crippen MR) is 166 cm³/mol. The number of ether oxygens (including phenoxy) is 1. The van der Waals surface area contributed by atoms with E-state index in [-0.39, 0.29) is 22.8 Å². The fourth-order valence-electron chi connectivity index (χ4n) is 7.67. The lowest BCUT2D eigenvalue weighted by atomic mass is 9.64. The molecule has 226 valence electrons. The Kier molecular flexibility index (Phi) is 7.86. The molecule has 2 aliphatic heterocycles. The number of hydrogen-bond donors (Lipinski definition) is 2. The third-order valence-electron chi connectivity index (χ3n) is 10.2. The molecule has 0 radical (unpaired) electrons. The largest absolute Gasteiger partial charge is 0.490 e. The van der Waals surface area contributed by atoms with Crippen LogP contribution in [-0.4, -0.2) is 50.0 Å². The SMILES string of the molecule is CC[C@@H]1CC/C=C/[C@](C)(O)[C@@H]2CC[C@H]2CN2C[C@@]3(CCCc4cc(Cl)ccc43)COc3ccc(cc32)C(=O)NS1(=O)=O. The number of nitrogens with one attached hydrogen (secondary N) is 1. The lowest BCUT2D eigenvalue weighted by Gasteiger charge is -2.48. The summed E-state index contributed by atoms with van der Waals surface area (Å²) < 4.78 is 35.3. The van der Waals surface area contributed by atoms with Gasteiger partial charge < -0.3 is 14.7 Å². The Morgan fingerprint density at radius 1 is 1.17 bits per heavy atom. The van der Waals surface area contributed by atoms with E-state index in [0.29, 0.717) is 44.7 Å². The zero-order valence-corrected chi connectivity index (χ0v) is 26.0. The number of benzene rings is 2. The van der Waals surface area contributed by atoms with Crippen molar-refractivity contribution >= 4 is 33.2 Å². The molecule has 1 spiro atoms. The molecule has 2 heterocycles. The smallest absolute Gasteiger partial charge is 0.264 e. The zero-order chi connectivity index (χ0) is 29.7. The number of amides is 1. The molecule has 0 saturated heterocycles. The Morgan fingerprint density at radius 2 is 2.00 bits per heavy atom. The normalized spacial score (nSPS) is 33.3. The van der Waals surface area contributed by atoms with Gasteiger partial charge in [-0.2, -0.15) is 0 Å². The van der Waals surface area contributed by atoms with Crippen molar-refractivity contribution in [1.29, 1.82) is 0 Å². The Balaban J connectivity index is 1.43. The third-order valence-corrected chi connectivity index (χ3v) is 12.3. The first-order chi connectivity index (χ1) is 20.0. The van der Waals surface area contributed by atoms with Crippen LogP contribution in [0.1, 0.15) is 80.3 Å². The highest BCUT2D eigenvalue weighted by molar-refractivity contribution is 7.90. The van der Waals surface area contributed by atoms with E-state index in [1.54, 1.807) is 18.2 Å². The molecule has 2 bridgehead atoms. The lowest BCUT2D eigenvalue weighted by Crippen LogP contribution is -2.51. The van der Waals surface area contributed by atoms with Crippen LogP contribution in [0.2, 0.25) is 5.02 Å². The standard InChI is InChI=1S/C33H41ClN2O5S/c1-3-26-8-4-5-15-32(2,38)27-12-9-24(27)19-36-20-33(16-6-7-22-17-25(34)11-13-28(22)33)21-41-30-14-10-23(18-29(30)36)31(37)35-42(26,39)40/h5,10-11,13-15,17-18,24,26-27,38H,3-4,6-9,12,16,19-21H2,1-2H3,(H,35,37)/b15-5+/t24-,26+,27+,32-,33-/m0/s1. The topological polar surface area (TPSA) is 95.9 Å². The predicted octanol–water partition coefficient (Wildman–Crippen LogP) is 5.78. The molecule has 5 atom stereocenters. The van der Waals surface area contributed by atoms with Gasteiger partial charge in [0.1, 0.15) is 5.75 Å². The van der Waals surface area contributed by atoms with Crippen LogP contribution in [0.25, 0.3) is 0 Å². The highest BCUT2D eigenvalue weighted by atomic mass is 35.5. The molecular weight excluding hydrogens is 572 g/mol. The molecule has 1 fully saturated rings. The molecule has 2 aromatic carbocycles. The summed E-state index contributed by atoms with van der Waals surface area (Å²) >= 11 is 6.39. The van der Waals surface area contributed by atoms with Gasteiger partial charge in [-0.05, 0) is 112 Å². The van der Waals surface area contributed by atoms with E-state index in [0.717, 1.165) is 42.8 Å². The van der Waals surface area contributed by atoms with Gasteiger partial charge >= 0.3 is 0 Å². The number of aliphatic hydroxyl groups is 1. The van der Waals surface area contributed by atoms with Crippen LogP contribution in [0.5, 0.6) is 5.75 Å². The van der Waals surface area contributed by atoms with E-state index in [1.165, 1.54) is 11.1 Å². The molecule has 6 rings (SSSR count). The van der Waals surface area contributed by atoms with Gasteiger partial charge in [0.05, 0.1) is 23.1 Å². The van der Waals surface area contributed by atoms with Crippen LogP contribution >= 0.6 is 11.6 Å². The quantitative estimate of drug-likeness (QED) is 0.397. The van der Waals surface area contributed by atoms with Crippen molar-refractivity contribution in [2.75, 3.05) is 24.6 Å². The number of fused-ring (bicyclic) bond motifs is 4. The van der Waals surface area contributed by atoms with E-state index < -0.39 is 26.8 Å². The maximum atomic E-state index is 13.4. The number of allylic oxidation sites excluding steroid dienone is 1. The second-order valence-corrected chi connectivity index (χ2v) is 15.3. The second kappa shape index (κ2) is 11.2. The lowest BCUT2D eigenvalue weighted by molar-refractivity contribution is -0.0314. The molecule has 2 N–H and O–H groups in total. The number of carbonyl (C=O) groups is 1. The van der Waals surface area contributed by atoms with Gasteiger partial charge in [0, 0.05) is 29.1 Å². The first kappa shape index (κ1) is 29.5. The van der Waals surface area contributed by atoms with Crippen LogP contribution in [-0.2, 0) is 21.9 Å². The maximum absolute atomic E-state index is 13.4. The maximum Gasteiger partial charge on any atom is 0.264 e. The highest BCUT2D eigenvalue weighted by Crippen LogP contribution is 2.48. The Morgan fingerprint density at radius 3 is 2.76 bits per heavy atom. The number of anilines is 1. The van der Waals surface area contributed by atoms with Crippen molar-refractivity contribution in [3.05, 3.63) is 70.3 Å². The van der Waals surface area contributed by atoms with Crippen LogP contribution in [0.4, 0.5) is 5.69 Å². The summed E-state index contributed by atoms with van der Waals surface area (Å²) in [6.45, 7) is 5.58. The van der Waals surface area contributed by atoms with Crippen molar-refractivity contribution in [3.63, 3.8) is 0 Å². The van der Waals surface area contributed by atoms with E-state index >= 15 is 0 Å². The van der Waals surface area contributed by atoms with E-state index in [9.17, 15) is 18.3 Å². The molecule has 7 nitrogen and oxygen atoms in total. The Bertz CT molecular complexity index is 1510. The molecule has 1 saturated carbocycles. The van der Waals surface area contributed by atoms with Crippen LogP contribution in [0, 0.1) is 11.8 Å². The first-order valence-electron chi connectivity index (χ1n) is 15.3. The van der Waals surface area contributed by atoms with Gasteiger partial charge in [-0.1, -0.05) is 36.7 Å². The van der Waals surface area contributed by atoms with Crippen LogP contribution in [0.15, 0.2) is 48.6 Å². The minimum absolute atomic E-state index is 0.0832. The summed E-state index contributed by atoms with van der Waals surface area (Å²) in [5.74, 6) is 0.400. The number of hydrogen-bond acceptors (Lipinski definition) is 6. The van der Waals surface area contributed by atoms with Gasteiger partial charge in [-0.15, -0.1) is 0 Å². The average Bonchev–Trinajstić information content (AvgIpc) is 3.06. The van der Waals surface area contributed by atoms with Crippen molar-refractivity contribution in [1.82, 2.24) is 4.72 Å². The minimum atomic E-state index is -3.89. The van der Waals surface area contributed by atoms with Gasteiger partial charge in [0.25, 0.3) is 5.91 Å². The molecule has 42 heavy (non-hydrogen) atoms. The van der Waals surface area contributed by atoms with Gasteiger partial charge in [0.2, 0.25) is 10.0 Å². The molecule has 2 aliphatic carbocycles. The Hall–Kier alpha value is -2.55. The summed E-state index contributed by atoms with van der Waals surface area (Å²) in [5.41, 5.74) is 2.33. The number of rotatable bonds is 1. The molecule has 9 heteroatoms. The monoisotopic (exact) mass is 612 g/mol. The fourth-order valence-corrected chi connectivity index (χ4v) is 9.30. The van der Waals surface area contributed by atoms with Gasteiger partial charge in [0.15, 0.2) is 0 Å². The molecule has 4 aliphatic rings. The van der Waals surface area contributed by atoms with Crippen molar-refractivity contribution in [3.8, 4) is 5.75 Å². The molecular formula is C33H41ClN2O5S.